The number of nitrogens with one attached hydrogen (secondary N) is 1. The maximum absolute atomic E-state index is 13.2. The van der Waals surface area contributed by atoms with E-state index in [9.17, 15) is 9.59 Å². The summed E-state index contributed by atoms with van der Waals surface area (Å²) in [7, 11) is 0. The van der Waals surface area contributed by atoms with Gasteiger partial charge in [0.05, 0.1) is 30.0 Å². The molecule has 0 spiro atoms. The van der Waals surface area contributed by atoms with Gasteiger partial charge >= 0.3 is 6.09 Å². The molecule has 3 heterocycles. The lowest BCUT2D eigenvalue weighted by Gasteiger charge is -2.19. The number of carbonyl (C=O) groups excluding carboxylic acids is 2. The summed E-state index contributed by atoms with van der Waals surface area (Å²) in [5.41, 5.74) is 3.90. The number of ketones is 1. The van der Waals surface area contributed by atoms with Gasteiger partial charge in [-0.2, -0.15) is 0 Å². The molecule has 1 aliphatic rings. The summed E-state index contributed by atoms with van der Waals surface area (Å²) in [6, 6.07) is 13.3. The summed E-state index contributed by atoms with van der Waals surface area (Å²) in [6.07, 6.45) is 7.55. The summed E-state index contributed by atoms with van der Waals surface area (Å²) in [5, 5.41) is 2.78. The van der Waals surface area contributed by atoms with Gasteiger partial charge in [0.15, 0.2) is 0 Å². The van der Waals surface area contributed by atoms with Gasteiger partial charge in [0.25, 0.3) is 0 Å². The quantitative estimate of drug-likeness (QED) is 0.508. The highest BCUT2D eigenvalue weighted by atomic mass is 16.5. The Bertz CT molecular complexity index is 1060. The van der Waals surface area contributed by atoms with Crippen LogP contribution in [-0.2, 0) is 16.1 Å². The third-order valence-corrected chi connectivity index (χ3v) is 5.89. The Balaban J connectivity index is 1.31. The van der Waals surface area contributed by atoms with E-state index in [1.807, 2.05) is 53.2 Å². The number of rotatable bonds is 10. The Labute approximate surface area is 187 Å². The number of hydrogen-bond donors (Lipinski definition) is 1. The van der Waals surface area contributed by atoms with E-state index >= 15 is 0 Å². The lowest BCUT2D eigenvalue weighted by molar-refractivity contribution is -0.123. The molecule has 166 valence electrons. The van der Waals surface area contributed by atoms with E-state index in [0.29, 0.717) is 19.4 Å². The second-order valence-electron chi connectivity index (χ2n) is 8.07. The number of nitrogens with zero attached hydrogens (tertiary/aromatic N) is 3. The molecule has 3 aromatic rings. The van der Waals surface area contributed by atoms with Crippen LogP contribution in [0.25, 0.3) is 11.3 Å². The van der Waals surface area contributed by atoms with Crippen molar-refractivity contribution < 1.29 is 14.3 Å². The van der Waals surface area contributed by atoms with E-state index < -0.39 is 6.09 Å². The van der Waals surface area contributed by atoms with E-state index in [0.717, 1.165) is 35.4 Å². The van der Waals surface area contributed by atoms with Crippen LogP contribution in [0.15, 0.2) is 61.2 Å². The Hall–Kier alpha value is -3.48. The maximum atomic E-state index is 13.2. The molecule has 1 aliphatic heterocycles. The van der Waals surface area contributed by atoms with Gasteiger partial charge in [-0.25, -0.2) is 9.78 Å². The first-order valence-corrected chi connectivity index (χ1v) is 11.1. The molecule has 2 aromatic heterocycles. The molecular weight excluding hydrogens is 404 g/mol. The van der Waals surface area contributed by atoms with Crippen molar-refractivity contribution in [3.63, 3.8) is 0 Å². The third kappa shape index (κ3) is 4.88. The molecule has 1 N–H and O–H groups in total. The summed E-state index contributed by atoms with van der Waals surface area (Å²) in [4.78, 5) is 34.0. The fourth-order valence-corrected chi connectivity index (χ4v) is 4.28. The summed E-state index contributed by atoms with van der Waals surface area (Å²) in [5.74, 6) is 0.0728. The number of alkyl carbamates (subject to hydrolysis) is 1. The van der Waals surface area contributed by atoms with Crippen molar-refractivity contribution >= 4 is 11.9 Å². The first-order valence-electron chi connectivity index (χ1n) is 11.1. The number of amides is 1. The number of pyridine rings is 1. The predicted molar refractivity (Wildman–Crippen MR) is 121 cm³/mol. The van der Waals surface area contributed by atoms with Crippen molar-refractivity contribution in [2.75, 3.05) is 6.54 Å². The van der Waals surface area contributed by atoms with E-state index in [1.165, 1.54) is 0 Å². The molecule has 7 heteroatoms. The van der Waals surface area contributed by atoms with E-state index in [1.54, 1.807) is 12.5 Å². The highest BCUT2D eigenvalue weighted by molar-refractivity contribution is 5.83. The van der Waals surface area contributed by atoms with Crippen LogP contribution < -0.4 is 5.32 Å². The van der Waals surface area contributed by atoms with Gasteiger partial charge in [-0.05, 0) is 30.5 Å². The fourth-order valence-electron chi connectivity index (χ4n) is 4.28. The van der Waals surface area contributed by atoms with Crippen molar-refractivity contribution in [3.8, 4) is 11.3 Å². The molecule has 0 saturated carbocycles. The van der Waals surface area contributed by atoms with Crippen LogP contribution in [0.2, 0.25) is 0 Å². The van der Waals surface area contributed by atoms with Crippen molar-refractivity contribution in [1.29, 1.82) is 0 Å². The molecule has 0 saturated heterocycles. The van der Waals surface area contributed by atoms with Crippen LogP contribution in [0, 0.1) is 5.92 Å². The Morgan fingerprint density at radius 3 is 2.81 bits per heavy atom. The van der Waals surface area contributed by atoms with Gasteiger partial charge < -0.3 is 14.6 Å². The number of imidazole rings is 1. The van der Waals surface area contributed by atoms with Crippen LogP contribution in [0.3, 0.4) is 0 Å². The van der Waals surface area contributed by atoms with Gasteiger partial charge in [0, 0.05) is 30.6 Å². The van der Waals surface area contributed by atoms with Crippen LogP contribution >= 0.6 is 0 Å². The number of aromatic nitrogens is 3. The lowest BCUT2D eigenvalue weighted by Crippen LogP contribution is -2.29. The molecule has 2 atom stereocenters. The van der Waals surface area contributed by atoms with Gasteiger partial charge in [0.1, 0.15) is 12.4 Å². The average Bonchev–Trinajstić information content (AvgIpc) is 3.40. The molecule has 1 amide bonds. The van der Waals surface area contributed by atoms with Crippen molar-refractivity contribution in [3.05, 3.63) is 72.4 Å². The molecule has 32 heavy (non-hydrogen) atoms. The minimum Gasteiger partial charge on any atom is -0.445 e. The van der Waals surface area contributed by atoms with Crippen molar-refractivity contribution in [2.45, 2.75) is 45.3 Å². The molecule has 7 nitrogen and oxygen atoms in total. The monoisotopic (exact) mass is 432 g/mol. The zero-order chi connectivity index (χ0) is 22.3. The van der Waals surface area contributed by atoms with Crippen molar-refractivity contribution in [1.82, 2.24) is 19.9 Å². The topological polar surface area (TPSA) is 86.1 Å². The second-order valence-corrected chi connectivity index (χ2v) is 8.07. The molecule has 0 aliphatic carbocycles. The Morgan fingerprint density at radius 2 is 2.00 bits per heavy atom. The zero-order valence-electron chi connectivity index (χ0n) is 18.2. The maximum Gasteiger partial charge on any atom is 0.407 e. The average molecular weight is 433 g/mol. The number of carbonyl (C=O) groups is 2. The van der Waals surface area contributed by atoms with Crippen LogP contribution in [0.1, 0.15) is 49.9 Å². The molecule has 0 bridgehead atoms. The van der Waals surface area contributed by atoms with E-state index in [2.05, 4.69) is 22.2 Å². The SMILES string of the molecule is CCCC(CCNC(=O)OCc1ccccc1)C(=O)CC1c2ncccc2-c2cncn21. The lowest BCUT2D eigenvalue weighted by atomic mass is 9.90. The van der Waals surface area contributed by atoms with E-state index in [-0.39, 0.29) is 24.3 Å². The standard InChI is InChI=1S/C25H28N4O3/c1-2-7-19(11-13-28-25(31)32-16-18-8-4-3-5-9-18)23(30)14-21-24-20(10-6-12-27-24)22-15-26-17-29(21)22/h3-6,8-10,12,15,17,19,21H,2,7,11,13-14,16H2,1H3,(H,28,31). The number of Topliss-reactive ketones (excluding diaryl/α,β-unsaturated/α-hetero) is 1. The number of fused-ring (bicyclic) bond motifs is 3. The van der Waals surface area contributed by atoms with Crippen LogP contribution in [0.5, 0.6) is 0 Å². The molecule has 0 radical (unpaired) electrons. The molecule has 0 fully saturated rings. The van der Waals surface area contributed by atoms with Crippen LogP contribution in [-0.4, -0.2) is 33.0 Å². The third-order valence-electron chi connectivity index (χ3n) is 5.89. The highest BCUT2D eigenvalue weighted by Gasteiger charge is 2.32. The smallest absolute Gasteiger partial charge is 0.407 e. The summed E-state index contributed by atoms with van der Waals surface area (Å²) in [6.45, 7) is 2.70. The van der Waals surface area contributed by atoms with E-state index in [4.69, 9.17) is 4.74 Å². The Morgan fingerprint density at radius 1 is 1.16 bits per heavy atom. The largest absolute Gasteiger partial charge is 0.445 e. The fraction of sp³-hybridized carbons (Fsp3) is 0.360. The number of ether oxygens (including phenoxy) is 1. The van der Waals surface area contributed by atoms with Gasteiger partial charge in [0.2, 0.25) is 0 Å². The molecule has 2 unspecified atom stereocenters. The molecular formula is C25H28N4O3. The first kappa shape index (κ1) is 21.7. The Kier molecular flexibility index (Phi) is 6.94. The summed E-state index contributed by atoms with van der Waals surface area (Å²) < 4.78 is 7.29. The predicted octanol–water partition coefficient (Wildman–Crippen LogP) is 4.54. The first-order chi connectivity index (χ1) is 15.7. The normalized spacial score (nSPS) is 15.0. The molecule has 1 aromatic carbocycles. The van der Waals surface area contributed by atoms with Crippen LogP contribution in [0.4, 0.5) is 4.79 Å². The minimum absolute atomic E-state index is 0.117. The number of benzene rings is 1. The number of hydrogen-bond acceptors (Lipinski definition) is 5. The summed E-state index contributed by atoms with van der Waals surface area (Å²) >= 11 is 0. The van der Waals surface area contributed by atoms with Gasteiger partial charge in [-0.15, -0.1) is 0 Å². The second kappa shape index (κ2) is 10.2. The minimum atomic E-state index is -0.464. The zero-order valence-corrected chi connectivity index (χ0v) is 18.2. The van der Waals surface area contributed by atoms with Gasteiger partial charge in [-0.1, -0.05) is 43.7 Å². The highest BCUT2D eigenvalue weighted by Crippen LogP contribution is 2.40. The van der Waals surface area contributed by atoms with Crippen molar-refractivity contribution in [2.24, 2.45) is 5.92 Å². The van der Waals surface area contributed by atoms with Gasteiger partial charge in [-0.3, -0.25) is 9.78 Å². The molecule has 4 rings (SSSR count).